The van der Waals surface area contributed by atoms with E-state index in [9.17, 15) is 4.79 Å². The van der Waals surface area contributed by atoms with Crippen molar-refractivity contribution in [3.63, 3.8) is 0 Å². The number of carbonyl (C=O) groups excluding carboxylic acids is 1. The number of carbonyl (C=O) groups is 1. The molecule has 0 aliphatic carbocycles. The maximum absolute atomic E-state index is 11.5. The molecule has 0 fully saturated rings. The van der Waals surface area contributed by atoms with Crippen molar-refractivity contribution >= 4 is 5.97 Å². The lowest BCUT2D eigenvalue weighted by Crippen LogP contribution is -2.37. The van der Waals surface area contributed by atoms with E-state index >= 15 is 0 Å². The van der Waals surface area contributed by atoms with Gasteiger partial charge in [0.15, 0.2) is 0 Å². The highest BCUT2D eigenvalue weighted by molar-refractivity contribution is 5.77. The molecule has 4 nitrogen and oxygen atoms in total. The molecule has 15 heavy (non-hydrogen) atoms. The molecule has 1 aromatic heterocycles. The zero-order chi connectivity index (χ0) is 11.5. The Morgan fingerprint density at radius 1 is 1.60 bits per heavy atom. The molecule has 0 aliphatic rings. The summed E-state index contributed by atoms with van der Waals surface area (Å²) in [5.41, 5.74) is 6.08. The molecule has 0 amide bonds. The Bertz CT molecular complexity index is 336. The van der Waals surface area contributed by atoms with Gasteiger partial charge in [-0.25, -0.2) is 0 Å². The summed E-state index contributed by atoms with van der Waals surface area (Å²) in [6.07, 6.45) is 3.33. The second-order valence-corrected chi connectivity index (χ2v) is 3.98. The molecule has 4 heteroatoms. The van der Waals surface area contributed by atoms with Crippen LogP contribution in [0.3, 0.4) is 0 Å². The van der Waals surface area contributed by atoms with Crippen LogP contribution in [0.15, 0.2) is 24.5 Å². The highest BCUT2D eigenvalue weighted by Gasteiger charge is 2.36. The number of pyridine rings is 1. The lowest BCUT2D eigenvalue weighted by Gasteiger charge is -2.28. The maximum atomic E-state index is 11.5. The van der Waals surface area contributed by atoms with Crippen molar-refractivity contribution in [2.24, 2.45) is 11.1 Å². The molecule has 1 aromatic rings. The standard InChI is InChI=1S/C11H16N2O2/c1-11(2,10(14)15-3)9(12)8-5-4-6-13-7-8/h4-7,9H,12H2,1-3H3/t9-/m1/s1. The monoisotopic (exact) mass is 208 g/mol. The molecule has 2 N–H and O–H groups in total. The van der Waals surface area contributed by atoms with E-state index in [0.29, 0.717) is 0 Å². The minimum atomic E-state index is -0.752. The fraction of sp³-hybridized carbons (Fsp3) is 0.455. The molecule has 0 saturated carbocycles. The molecular weight excluding hydrogens is 192 g/mol. The van der Waals surface area contributed by atoms with Gasteiger partial charge in [0.25, 0.3) is 0 Å². The molecule has 0 spiro atoms. The zero-order valence-electron chi connectivity index (χ0n) is 9.23. The molecule has 0 bridgehead atoms. The minimum absolute atomic E-state index is 0.321. The maximum Gasteiger partial charge on any atom is 0.313 e. The fourth-order valence-corrected chi connectivity index (χ4v) is 1.37. The average Bonchev–Trinajstić information content (AvgIpc) is 2.28. The van der Waals surface area contributed by atoms with Crippen molar-refractivity contribution in [2.45, 2.75) is 19.9 Å². The van der Waals surface area contributed by atoms with Crippen LogP contribution in [0.1, 0.15) is 25.5 Å². The average molecular weight is 208 g/mol. The SMILES string of the molecule is COC(=O)C(C)(C)[C@H](N)c1cccnc1. The molecule has 0 aromatic carbocycles. The molecule has 0 saturated heterocycles. The third-order valence-electron chi connectivity index (χ3n) is 2.53. The third-order valence-corrected chi connectivity index (χ3v) is 2.53. The van der Waals surface area contributed by atoms with Crippen molar-refractivity contribution in [1.82, 2.24) is 4.98 Å². The van der Waals surface area contributed by atoms with Gasteiger partial charge in [-0.1, -0.05) is 6.07 Å². The van der Waals surface area contributed by atoms with E-state index in [1.165, 1.54) is 7.11 Å². The predicted octanol–water partition coefficient (Wildman–Crippen LogP) is 1.28. The Balaban J connectivity index is 2.94. The largest absolute Gasteiger partial charge is 0.469 e. The van der Waals surface area contributed by atoms with E-state index in [1.54, 1.807) is 32.3 Å². The Labute approximate surface area is 89.5 Å². The fourth-order valence-electron chi connectivity index (χ4n) is 1.37. The first kappa shape index (κ1) is 11.7. The van der Waals surface area contributed by atoms with Crippen LogP contribution in [0.5, 0.6) is 0 Å². The first-order valence-electron chi connectivity index (χ1n) is 4.74. The minimum Gasteiger partial charge on any atom is -0.469 e. The molecule has 1 rings (SSSR count). The summed E-state index contributed by atoms with van der Waals surface area (Å²) < 4.78 is 4.72. The van der Waals surface area contributed by atoms with Crippen LogP contribution in [0, 0.1) is 5.41 Å². The second-order valence-electron chi connectivity index (χ2n) is 3.98. The number of hydrogen-bond donors (Lipinski definition) is 1. The van der Waals surface area contributed by atoms with Gasteiger partial charge in [0, 0.05) is 18.4 Å². The van der Waals surface area contributed by atoms with Crippen molar-refractivity contribution in [1.29, 1.82) is 0 Å². The van der Waals surface area contributed by atoms with Crippen LogP contribution in [-0.2, 0) is 9.53 Å². The van der Waals surface area contributed by atoms with Crippen LogP contribution >= 0.6 is 0 Å². The van der Waals surface area contributed by atoms with Gasteiger partial charge in [-0.15, -0.1) is 0 Å². The second kappa shape index (κ2) is 4.40. The van der Waals surface area contributed by atoms with Crippen LogP contribution in [0.2, 0.25) is 0 Å². The van der Waals surface area contributed by atoms with Crippen molar-refractivity contribution in [3.8, 4) is 0 Å². The van der Waals surface area contributed by atoms with E-state index in [-0.39, 0.29) is 5.97 Å². The molecular formula is C11H16N2O2. The zero-order valence-corrected chi connectivity index (χ0v) is 9.23. The van der Waals surface area contributed by atoms with Gasteiger partial charge in [-0.05, 0) is 25.5 Å². The van der Waals surface area contributed by atoms with Crippen LogP contribution < -0.4 is 5.73 Å². The Morgan fingerprint density at radius 3 is 2.73 bits per heavy atom. The topological polar surface area (TPSA) is 65.2 Å². The van der Waals surface area contributed by atoms with E-state index < -0.39 is 11.5 Å². The van der Waals surface area contributed by atoms with Gasteiger partial charge in [0.05, 0.1) is 12.5 Å². The summed E-state index contributed by atoms with van der Waals surface area (Å²) in [7, 11) is 1.36. The number of hydrogen-bond acceptors (Lipinski definition) is 4. The van der Waals surface area contributed by atoms with E-state index in [2.05, 4.69) is 4.98 Å². The van der Waals surface area contributed by atoms with Crippen molar-refractivity contribution in [2.75, 3.05) is 7.11 Å². The van der Waals surface area contributed by atoms with Gasteiger partial charge in [-0.2, -0.15) is 0 Å². The van der Waals surface area contributed by atoms with E-state index in [1.807, 2.05) is 6.07 Å². The summed E-state index contributed by atoms with van der Waals surface area (Å²) in [5.74, 6) is -0.321. The number of esters is 1. The van der Waals surface area contributed by atoms with Gasteiger partial charge in [0.1, 0.15) is 0 Å². The van der Waals surface area contributed by atoms with Gasteiger partial charge < -0.3 is 10.5 Å². The Kier molecular flexibility index (Phi) is 3.42. The quantitative estimate of drug-likeness (QED) is 0.760. The van der Waals surface area contributed by atoms with Crippen LogP contribution in [0.4, 0.5) is 0 Å². The van der Waals surface area contributed by atoms with Gasteiger partial charge >= 0.3 is 5.97 Å². The Hall–Kier alpha value is -1.42. The first-order valence-corrected chi connectivity index (χ1v) is 4.74. The molecule has 82 valence electrons. The number of ether oxygens (including phenoxy) is 1. The van der Waals surface area contributed by atoms with Crippen molar-refractivity contribution in [3.05, 3.63) is 30.1 Å². The Morgan fingerprint density at radius 2 is 2.27 bits per heavy atom. The lowest BCUT2D eigenvalue weighted by molar-refractivity contribution is -0.152. The van der Waals surface area contributed by atoms with Crippen LogP contribution in [0.25, 0.3) is 0 Å². The highest BCUT2D eigenvalue weighted by Crippen LogP contribution is 2.31. The number of aromatic nitrogens is 1. The third kappa shape index (κ3) is 2.33. The summed E-state index contributed by atoms with van der Waals surface area (Å²) in [4.78, 5) is 15.5. The smallest absolute Gasteiger partial charge is 0.313 e. The molecule has 0 unspecified atom stereocenters. The summed E-state index contributed by atoms with van der Waals surface area (Å²) in [6, 6.07) is 3.23. The first-order chi connectivity index (χ1) is 7.00. The van der Waals surface area contributed by atoms with Crippen LogP contribution in [-0.4, -0.2) is 18.1 Å². The molecule has 1 atom stereocenters. The van der Waals surface area contributed by atoms with Crippen molar-refractivity contribution < 1.29 is 9.53 Å². The number of nitrogens with two attached hydrogens (primary N) is 1. The van der Waals surface area contributed by atoms with Gasteiger partial charge in [-0.3, -0.25) is 9.78 Å². The molecule has 0 aliphatic heterocycles. The summed E-state index contributed by atoms with van der Waals surface area (Å²) in [6.45, 7) is 3.52. The lowest BCUT2D eigenvalue weighted by atomic mass is 9.81. The molecule has 1 heterocycles. The number of methoxy groups -OCH3 is 1. The van der Waals surface area contributed by atoms with E-state index in [4.69, 9.17) is 10.5 Å². The summed E-state index contributed by atoms with van der Waals surface area (Å²) >= 11 is 0. The number of nitrogens with zero attached hydrogens (tertiary/aromatic N) is 1. The predicted molar refractivity (Wildman–Crippen MR) is 57.0 cm³/mol. The van der Waals surface area contributed by atoms with Gasteiger partial charge in [0.2, 0.25) is 0 Å². The highest BCUT2D eigenvalue weighted by atomic mass is 16.5. The number of rotatable bonds is 3. The summed E-state index contributed by atoms with van der Waals surface area (Å²) in [5, 5.41) is 0. The molecule has 0 radical (unpaired) electrons. The normalized spacial score (nSPS) is 13.3. The van der Waals surface area contributed by atoms with E-state index in [0.717, 1.165) is 5.56 Å².